The number of anilines is 2. The molecule has 0 aliphatic rings. The number of nitro benzene ring substituents is 1. The predicted octanol–water partition coefficient (Wildman–Crippen LogP) is 3.13. The van der Waals surface area contributed by atoms with E-state index in [2.05, 4.69) is 5.10 Å². The van der Waals surface area contributed by atoms with Crippen molar-refractivity contribution in [1.29, 1.82) is 0 Å². The SMILES string of the molecule is CN(C)c1ccc(/C=N\N(C)c2ccccc2)cc1[N+](=O)[O-]. The van der Waals surface area contributed by atoms with Crippen LogP contribution in [0.3, 0.4) is 0 Å². The number of hydrazone groups is 1. The van der Waals surface area contributed by atoms with E-state index in [-0.39, 0.29) is 10.6 Å². The zero-order valence-corrected chi connectivity index (χ0v) is 12.8. The fraction of sp³-hybridized carbons (Fsp3) is 0.188. The topological polar surface area (TPSA) is 62.0 Å². The van der Waals surface area contributed by atoms with Gasteiger partial charge >= 0.3 is 0 Å². The van der Waals surface area contributed by atoms with Crippen LogP contribution in [-0.2, 0) is 0 Å². The molecule has 0 amide bonds. The van der Waals surface area contributed by atoms with Crippen molar-refractivity contribution in [3.05, 3.63) is 64.2 Å². The number of hydrogen-bond acceptors (Lipinski definition) is 5. The normalized spacial score (nSPS) is 10.7. The van der Waals surface area contributed by atoms with Crippen molar-refractivity contribution in [2.75, 3.05) is 31.1 Å². The molecule has 6 nitrogen and oxygen atoms in total. The van der Waals surface area contributed by atoms with Crippen LogP contribution in [-0.4, -0.2) is 32.3 Å². The molecular formula is C16H18N4O2. The van der Waals surface area contributed by atoms with E-state index in [1.165, 1.54) is 6.07 Å². The number of hydrogen-bond donors (Lipinski definition) is 0. The molecule has 22 heavy (non-hydrogen) atoms. The monoisotopic (exact) mass is 298 g/mol. The molecule has 0 aromatic heterocycles. The van der Waals surface area contributed by atoms with Crippen molar-refractivity contribution in [3.63, 3.8) is 0 Å². The molecule has 0 atom stereocenters. The number of benzene rings is 2. The third kappa shape index (κ3) is 3.60. The summed E-state index contributed by atoms with van der Waals surface area (Å²) >= 11 is 0. The Bertz CT molecular complexity index is 684. The summed E-state index contributed by atoms with van der Waals surface area (Å²) in [5.74, 6) is 0. The lowest BCUT2D eigenvalue weighted by Crippen LogP contribution is -2.11. The average molecular weight is 298 g/mol. The summed E-state index contributed by atoms with van der Waals surface area (Å²) in [7, 11) is 5.38. The van der Waals surface area contributed by atoms with E-state index >= 15 is 0 Å². The Morgan fingerprint density at radius 2 is 1.77 bits per heavy atom. The molecule has 0 radical (unpaired) electrons. The predicted molar refractivity (Wildman–Crippen MR) is 89.9 cm³/mol. The summed E-state index contributed by atoms with van der Waals surface area (Å²) in [4.78, 5) is 12.5. The first-order valence-electron chi connectivity index (χ1n) is 6.77. The highest BCUT2D eigenvalue weighted by atomic mass is 16.6. The average Bonchev–Trinajstić information content (AvgIpc) is 2.53. The highest BCUT2D eigenvalue weighted by molar-refractivity contribution is 5.83. The molecular weight excluding hydrogens is 280 g/mol. The van der Waals surface area contributed by atoms with Crippen molar-refractivity contribution in [2.24, 2.45) is 5.10 Å². The van der Waals surface area contributed by atoms with Crippen LogP contribution < -0.4 is 9.91 Å². The summed E-state index contributed by atoms with van der Waals surface area (Å²) < 4.78 is 0. The Kier molecular flexibility index (Phi) is 4.73. The van der Waals surface area contributed by atoms with E-state index in [9.17, 15) is 10.1 Å². The van der Waals surface area contributed by atoms with Gasteiger partial charge in [-0.2, -0.15) is 5.10 Å². The second-order valence-corrected chi connectivity index (χ2v) is 5.00. The summed E-state index contributed by atoms with van der Waals surface area (Å²) in [6.07, 6.45) is 1.61. The summed E-state index contributed by atoms with van der Waals surface area (Å²) in [5.41, 5.74) is 2.26. The summed E-state index contributed by atoms with van der Waals surface area (Å²) in [5, 5.41) is 17.2. The summed E-state index contributed by atoms with van der Waals surface area (Å²) in [6, 6.07) is 14.7. The van der Waals surface area contributed by atoms with Crippen LogP contribution in [0.1, 0.15) is 5.56 Å². The number of rotatable bonds is 5. The van der Waals surface area contributed by atoms with Crippen LogP contribution in [0, 0.1) is 10.1 Å². The minimum atomic E-state index is -0.381. The van der Waals surface area contributed by atoms with E-state index in [4.69, 9.17) is 0 Å². The van der Waals surface area contributed by atoms with Gasteiger partial charge in [0.25, 0.3) is 5.69 Å². The van der Waals surface area contributed by atoms with Crippen LogP contribution >= 0.6 is 0 Å². The van der Waals surface area contributed by atoms with Gasteiger partial charge in [0.1, 0.15) is 5.69 Å². The first kappa shape index (κ1) is 15.5. The Labute approximate surface area is 129 Å². The fourth-order valence-electron chi connectivity index (χ4n) is 2.01. The molecule has 6 heteroatoms. The van der Waals surface area contributed by atoms with Crippen LogP contribution in [0.4, 0.5) is 17.1 Å². The Morgan fingerprint density at radius 3 is 2.36 bits per heavy atom. The van der Waals surface area contributed by atoms with Crippen LogP contribution in [0.15, 0.2) is 53.6 Å². The van der Waals surface area contributed by atoms with Gasteiger partial charge in [-0.05, 0) is 18.2 Å². The standard InChI is InChI=1S/C16H18N4O2/c1-18(2)15-10-9-13(11-16(15)20(21)22)12-17-19(3)14-7-5-4-6-8-14/h4-12H,1-3H3/b17-12-. The molecule has 0 saturated heterocycles. The molecule has 0 unspecified atom stereocenters. The molecule has 2 aromatic rings. The lowest BCUT2D eigenvalue weighted by molar-refractivity contribution is -0.384. The Morgan fingerprint density at radius 1 is 1.09 bits per heavy atom. The van der Waals surface area contributed by atoms with Crippen LogP contribution in [0.25, 0.3) is 0 Å². The Balaban J connectivity index is 2.25. The van der Waals surface area contributed by atoms with Gasteiger partial charge in [0, 0.05) is 32.8 Å². The molecule has 0 bridgehead atoms. The fourth-order valence-corrected chi connectivity index (χ4v) is 2.01. The maximum absolute atomic E-state index is 11.2. The molecule has 0 saturated carbocycles. The second kappa shape index (κ2) is 6.71. The first-order chi connectivity index (χ1) is 10.5. The zero-order valence-electron chi connectivity index (χ0n) is 12.8. The molecule has 0 aliphatic heterocycles. The van der Waals surface area contributed by atoms with Gasteiger partial charge in [-0.25, -0.2) is 0 Å². The highest BCUT2D eigenvalue weighted by Crippen LogP contribution is 2.27. The van der Waals surface area contributed by atoms with Crippen molar-refractivity contribution < 1.29 is 4.92 Å². The molecule has 114 valence electrons. The number of para-hydroxylation sites is 1. The largest absolute Gasteiger partial charge is 0.372 e. The molecule has 0 aliphatic carbocycles. The zero-order chi connectivity index (χ0) is 16.1. The molecule has 2 rings (SSSR count). The maximum atomic E-state index is 11.2. The van der Waals surface area contributed by atoms with Crippen molar-refractivity contribution >= 4 is 23.3 Å². The summed E-state index contributed by atoms with van der Waals surface area (Å²) in [6.45, 7) is 0. The minimum Gasteiger partial charge on any atom is -0.372 e. The number of nitro groups is 1. The van der Waals surface area contributed by atoms with Crippen molar-refractivity contribution in [3.8, 4) is 0 Å². The minimum absolute atomic E-state index is 0.0660. The molecule has 0 N–H and O–H groups in total. The van der Waals surface area contributed by atoms with Gasteiger partial charge in [-0.3, -0.25) is 15.1 Å². The lowest BCUT2D eigenvalue weighted by Gasteiger charge is -2.13. The van der Waals surface area contributed by atoms with Gasteiger partial charge in [-0.15, -0.1) is 0 Å². The smallest absolute Gasteiger partial charge is 0.293 e. The van der Waals surface area contributed by atoms with Gasteiger partial charge in [0.05, 0.1) is 16.8 Å². The van der Waals surface area contributed by atoms with Gasteiger partial charge in [-0.1, -0.05) is 24.3 Å². The third-order valence-corrected chi connectivity index (χ3v) is 3.19. The Hall–Kier alpha value is -2.89. The van der Waals surface area contributed by atoms with Gasteiger partial charge in [0.15, 0.2) is 0 Å². The van der Waals surface area contributed by atoms with Gasteiger partial charge in [0.2, 0.25) is 0 Å². The molecule has 0 spiro atoms. The van der Waals surface area contributed by atoms with E-state index in [1.54, 1.807) is 36.3 Å². The van der Waals surface area contributed by atoms with Crippen LogP contribution in [0.5, 0.6) is 0 Å². The van der Waals surface area contributed by atoms with Crippen molar-refractivity contribution in [1.82, 2.24) is 0 Å². The van der Waals surface area contributed by atoms with Crippen LogP contribution in [0.2, 0.25) is 0 Å². The first-order valence-corrected chi connectivity index (χ1v) is 6.77. The highest BCUT2D eigenvalue weighted by Gasteiger charge is 2.15. The molecule has 2 aromatic carbocycles. The molecule has 0 heterocycles. The second-order valence-electron chi connectivity index (χ2n) is 5.00. The quantitative estimate of drug-likeness (QED) is 0.483. The third-order valence-electron chi connectivity index (χ3n) is 3.19. The van der Waals surface area contributed by atoms with E-state index in [0.717, 1.165) is 5.69 Å². The van der Waals surface area contributed by atoms with Crippen molar-refractivity contribution in [2.45, 2.75) is 0 Å². The van der Waals surface area contributed by atoms with E-state index < -0.39 is 0 Å². The van der Waals surface area contributed by atoms with Gasteiger partial charge < -0.3 is 4.90 Å². The van der Waals surface area contributed by atoms with E-state index in [1.807, 2.05) is 43.4 Å². The maximum Gasteiger partial charge on any atom is 0.293 e. The molecule has 0 fully saturated rings. The lowest BCUT2D eigenvalue weighted by atomic mass is 10.2. The number of nitrogens with zero attached hydrogens (tertiary/aromatic N) is 4. The van der Waals surface area contributed by atoms with E-state index in [0.29, 0.717) is 11.3 Å².